The van der Waals surface area contributed by atoms with Crippen molar-refractivity contribution in [3.63, 3.8) is 0 Å². The zero-order valence-corrected chi connectivity index (χ0v) is 13.3. The van der Waals surface area contributed by atoms with Gasteiger partial charge < -0.3 is 9.88 Å². The van der Waals surface area contributed by atoms with Gasteiger partial charge in [-0.15, -0.1) is 11.3 Å². The Morgan fingerprint density at radius 1 is 1.45 bits per heavy atom. The van der Waals surface area contributed by atoms with Crippen molar-refractivity contribution < 1.29 is 4.79 Å². The number of imidazole rings is 2. The molecule has 6 nitrogen and oxygen atoms in total. The number of thiazole rings is 1. The Bertz CT molecular complexity index is 841. The normalized spacial score (nSPS) is 16.1. The number of carbonyl (C=O) groups excluding carboxylic acids is 1. The lowest BCUT2D eigenvalue weighted by atomic mass is 10.1. The molecule has 1 amide bonds. The van der Waals surface area contributed by atoms with Gasteiger partial charge in [0.15, 0.2) is 4.96 Å². The Kier molecular flexibility index (Phi) is 3.04. The van der Waals surface area contributed by atoms with E-state index in [0.717, 1.165) is 29.3 Å². The summed E-state index contributed by atoms with van der Waals surface area (Å²) in [6.07, 6.45) is 7.85. The molecule has 3 heterocycles. The summed E-state index contributed by atoms with van der Waals surface area (Å²) in [6.45, 7) is 1.88. The number of amides is 1. The van der Waals surface area contributed by atoms with Crippen LogP contribution in [-0.2, 0) is 7.05 Å². The molecule has 1 saturated carbocycles. The van der Waals surface area contributed by atoms with E-state index < -0.39 is 0 Å². The average Bonchev–Trinajstić information content (AvgIpc) is 2.95. The Morgan fingerprint density at radius 2 is 2.27 bits per heavy atom. The van der Waals surface area contributed by atoms with E-state index in [1.807, 2.05) is 40.7 Å². The number of hydrogen-bond donors (Lipinski definition) is 1. The molecule has 0 unspecified atom stereocenters. The Labute approximate surface area is 131 Å². The minimum atomic E-state index is -0.0803. The van der Waals surface area contributed by atoms with E-state index in [-0.39, 0.29) is 11.9 Å². The van der Waals surface area contributed by atoms with E-state index in [1.54, 1.807) is 6.20 Å². The minimum absolute atomic E-state index is 0.0314. The first-order valence-electron chi connectivity index (χ1n) is 7.35. The van der Waals surface area contributed by atoms with E-state index in [9.17, 15) is 4.79 Å². The maximum atomic E-state index is 12.8. The molecule has 7 heteroatoms. The predicted molar refractivity (Wildman–Crippen MR) is 83.9 cm³/mol. The third-order valence-electron chi connectivity index (χ3n) is 4.17. The van der Waals surface area contributed by atoms with Gasteiger partial charge in [-0.3, -0.25) is 9.20 Å². The van der Waals surface area contributed by atoms with Crippen LogP contribution in [0.4, 0.5) is 0 Å². The standard InChI is InChI=1S/C15H17N5OS/c1-9-12(20-7-8-22-15(20)17-9)14(21)18-11(10-3-4-10)13-16-5-6-19(13)2/h5-8,10-11H,3-4H2,1-2H3,(H,18,21)/t11-/m1/s1. The first-order chi connectivity index (χ1) is 10.6. The number of carbonyl (C=O) groups is 1. The average molecular weight is 315 g/mol. The molecule has 1 N–H and O–H groups in total. The number of fused-ring (bicyclic) bond motifs is 1. The topological polar surface area (TPSA) is 64.2 Å². The van der Waals surface area contributed by atoms with Gasteiger partial charge in [-0.05, 0) is 25.7 Å². The lowest BCUT2D eigenvalue weighted by Gasteiger charge is -2.18. The van der Waals surface area contributed by atoms with Crippen LogP contribution in [0.1, 0.15) is 40.9 Å². The third-order valence-corrected chi connectivity index (χ3v) is 4.92. The molecule has 3 aromatic heterocycles. The second-order valence-corrected chi connectivity index (χ2v) is 6.66. The fourth-order valence-electron chi connectivity index (χ4n) is 2.88. The number of rotatable bonds is 4. The minimum Gasteiger partial charge on any atom is -0.340 e. The highest BCUT2D eigenvalue weighted by Crippen LogP contribution is 2.40. The number of hydrogen-bond acceptors (Lipinski definition) is 4. The van der Waals surface area contributed by atoms with Crippen LogP contribution in [0.2, 0.25) is 0 Å². The largest absolute Gasteiger partial charge is 0.340 e. The molecule has 0 saturated heterocycles. The van der Waals surface area contributed by atoms with Gasteiger partial charge in [0.2, 0.25) is 0 Å². The van der Waals surface area contributed by atoms with Crippen LogP contribution in [0.25, 0.3) is 4.96 Å². The van der Waals surface area contributed by atoms with Crippen molar-refractivity contribution >= 4 is 22.2 Å². The first kappa shape index (κ1) is 13.5. The smallest absolute Gasteiger partial charge is 0.270 e. The van der Waals surface area contributed by atoms with Crippen LogP contribution < -0.4 is 5.32 Å². The summed E-state index contributed by atoms with van der Waals surface area (Å²) in [5.74, 6) is 1.32. The Hall–Kier alpha value is -2.15. The van der Waals surface area contributed by atoms with Gasteiger partial charge >= 0.3 is 0 Å². The van der Waals surface area contributed by atoms with Gasteiger partial charge in [-0.25, -0.2) is 9.97 Å². The quantitative estimate of drug-likeness (QED) is 0.803. The van der Waals surface area contributed by atoms with Crippen molar-refractivity contribution in [3.05, 3.63) is 41.2 Å². The monoisotopic (exact) mass is 315 g/mol. The SMILES string of the molecule is Cc1nc2sccn2c1C(=O)N[C@@H](c1nccn1C)C1CC1. The number of nitrogens with zero attached hydrogens (tertiary/aromatic N) is 4. The van der Waals surface area contributed by atoms with Crippen LogP contribution in [0.5, 0.6) is 0 Å². The molecule has 0 bridgehead atoms. The van der Waals surface area contributed by atoms with E-state index in [0.29, 0.717) is 11.6 Å². The molecule has 3 aromatic rings. The van der Waals surface area contributed by atoms with Gasteiger partial charge in [0.25, 0.3) is 5.91 Å². The maximum Gasteiger partial charge on any atom is 0.270 e. The van der Waals surface area contributed by atoms with Crippen molar-refractivity contribution in [3.8, 4) is 0 Å². The van der Waals surface area contributed by atoms with Gasteiger partial charge in [0, 0.05) is 31.0 Å². The molecule has 0 spiro atoms. The van der Waals surface area contributed by atoms with Gasteiger partial charge in [-0.1, -0.05) is 0 Å². The third kappa shape index (κ3) is 2.12. The summed E-state index contributed by atoms with van der Waals surface area (Å²) in [5.41, 5.74) is 1.38. The van der Waals surface area contributed by atoms with Gasteiger partial charge in [0.05, 0.1) is 11.7 Å². The molecule has 0 aromatic carbocycles. The molecular weight excluding hydrogens is 298 g/mol. The molecule has 4 rings (SSSR count). The number of aryl methyl sites for hydroxylation is 2. The fraction of sp³-hybridized carbons (Fsp3) is 0.400. The summed E-state index contributed by atoms with van der Waals surface area (Å²) in [4.78, 5) is 22.5. The lowest BCUT2D eigenvalue weighted by Crippen LogP contribution is -2.32. The summed E-state index contributed by atoms with van der Waals surface area (Å²) >= 11 is 1.53. The van der Waals surface area contributed by atoms with Gasteiger partial charge in [0.1, 0.15) is 11.5 Å². The summed E-state index contributed by atoms with van der Waals surface area (Å²) < 4.78 is 3.84. The molecule has 0 aliphatic heterocycles. The zero-order valence-electron chi connectivity index (χ0n) is 12.5. The highest BCUT2D eigenvalue weighted by atomic mass is 32.1. The summed E-state index contributed by atoms with van der Waals surface area (Å²) in [6, 6.07) is -0.0314. The maximum absolute atomic E-state index is 12.8. The van der Waals surface area contributed by atoms with Crippen LogP contribution in [0.15, 0.2) is 24.0 Å². The van der Waals surface area contributed by atoms with Crippen LogP contribution in [0.3, 0.4) is 0 Å². The van der Waals surface area contributed by atoms with Crippen molar-refractivity contribution in [1.82, 2.24) is 24.3 Å². The summed E-state index contributed by atoms with van der Waals surface area (Å²) in [7, 11) is 1.96. The van der Waals surface area contributed by atoms with E-state index >= 15 is 0 Å². The molecule has 1 aliphatic rings. The van der Waals surface area contributed by atoms with Crippen molar-refractivity contribution in [2.45, 2.75) is 25.8 Å². The first-order valence-corrected chi connectivity index (χ1v) is 8.23. The van der Waals surface area contributed by atoms with Crippen molar-refractivity contribution in [2.75, 3.05) is 0 Å². The highest BCUT2D eigenvalue weighted by molar-refractivity contribution is 7.15. The fourth-order valence-corrected chi connectivity index (χ4v) is 3.64. The number of nitrogens with one attached hydrogen (secondary N) is 1. The molecule has 0 radical (unpaired) electrons. The highest BCUT2D eigenvalue weighted by Gasteiger charge is 2.36. The van der Waals surface area contributed by atoms with E-state index in [2.05, 4.69) is 15.3 Å². The van der Waals surface area contributed by atoms with E-state index in [1.165, 1.54) is 11.3 Å². The second kappa shape index (κ2) is 4.95. The lowest BCUT2D eigenvalue weighted by molar-refractivity contribution is 0.0922. The molecule has 1 fully saturated rings. The summed E-state index contributed by atoms with van der Waals surface area (Å²) in [5, 5.41) is 5.11. The Morgan fingerprint density at radius 3 is 2.95 bits per heavy atom. The number of aromatic nitrogens is 4. The van der Waals surface area contributed by atoms with E-state index in [4.69, 9.17) is 0 Å². The second-order valence-electron chi connectivity index (χ2n) is 5.79. The molecular formula is C15H17N5OS. The van der Waals surface area contributed by atoms with Crippen molar-refractivity contribution in [1.29, 1.82) is 0 Å². The van der Waals surface area contributed by atoms with Crippen LogP contribution >= 0.6 is 11.3 Å². The molecule has 1 atom stereocenters. The van der Waals surface area contributed by atoms with Crippen LogP contribution in [-0.4, -0.2) is 24.8 Å². The molecule has 1 aliphatic carbocycles. The zero-order chi connectivity index (χ0) is 15.3. The van der Waals surface area contributed by atoms with Gasteiger partial charge in [-0.2, -0.15) is 0 Å². The molecule has 22 heavy (non-hydrogen) atoms. The molecule has 114 valence electrons. The van der Waals surface area contributed by atoms with Crippen molar-refractivity contribution in [2.24, 2.45) is 13.0 Å². The predicted octanol–water partition coefficient (Wildman–Crippen LogP) is 2.32. The Balaban J connectivity index is 1.66. The van der Waals surface area contributed by atoms with Crippen LogP contribution in [0, 0.1) is 12.8 Å².